The van der Waals surface area contributed by atoms with Gasteiger partial charge in [0.1, 0.15) is 17.1 Å². The molecule has 1 aliphatic heterocycles. The summed E-state index contributed by atoms with van der Waals surface area (Å²) in [4.78, 5) is 9.41. The van der Waals surface area contributed by atoms with Crippen LogP contribution >= 0.6 is 0 Å². The molecule has 4 rings (SSSR count). The SMILES string of the molecule is COc1ccccc1-n1c(C2CCCOC2)nc2cccnc21. The topological polar surface area (TPSA) is 49.2 Å². The lowest BCUT2D eigenvalue weighted by Gasteiger charge is -2.23. The van der Waals surface area contributed by atoms with E-state index in [-0.39, 0.29) is 5.92 Å². The summed E-state index contributed by atoms with van der Waals surface area (Å²) >= 11 is 0. The number of methoxy groups -OCH3 is 1. The number of para-hydroxylation sites is 2. The van der Waals surface area contributed by atoms with Crippen LogP contribution in [-0.2, 0) is 4.74 Å². The van der Waals surface area contributed by atoms with Crippen molar-refractivity contribution in [2.75, 3.05) is 20.3 Å². The van der Waals surface area contributed by atoms with Crippen LogP contribution < -0.4 is 4.74 Å². The fraction of sp³-hybridized carbons (Fsp3) is 0.333. The van der Waals surface area contributed by atoms with Crippen LogP contribution in [0.2, 0.25) is 0 Å². The van der Waals surface area contributed by atoms with Crippen molar-refractivity contribution >= 4 is 11.2 Å². The maximum atomic E-state index is 5.67. The van der Waals surface area contributed by atoms with E-state index in [2.05, 4.69) is 9.55 Å². The number of hydrogen-bond donors (Lipinski definition) is 0. The standard InChI is InChI=1S/C18H19N3O2/c1-22-16-9-3-2-8-15(16)21-17(13-6-5-11-23-12-13)20-14-7-4-10-19-18(14)21/h2-4,7-10,13H,5-6,11-12H2,1H3. The quantitative estimate of drug-likeness (QED) is 0.744. The Kier molecular flexibility index (Phi) is 3.71. The van der Waals surface area contributed by atoms with Crippen LogP contribution in [0.5, 0.6) is 5.75 Å². The van der Waals surface area contributed by atoms with Gasteiger partial charge in [-0.1, -0.05) is 12.1 Å². The monoisotopic (exact) mass is 309 g/mol. The molecule has 2 aromatic heterocycles. The minimum Gasteiger partial charge on any atom is -0.495 e. The van der Waals surface area contributed by atoms with Crippen LogP contribution in [0.3, 0.4) is 0 Å². The first-order valence-electron chi connectivity index (χ1n) is 7.93. The van der Waals surface area contributed by atoms with Crippen molar-refractivity contribution < 1.29 is 9.47 Å². The number of hydrogen-bond acceptors (Lipinski definition) is 4. The molecule has 0 amide bonds. The van der Waals surface area contributed by atoms with E-state index in [4.69, 9.17) is 14.5 Å². The lowest BCUT2D eigenvalue weighted by atomic mass is 10.0. The molecule has 1 aliphatic rings. The maximum absolute atomic E-state index is 5.67. The third kappa shape index (κ3) is 2.47. The third-order valence-corrected chi connectivity index (χ3v) is 4.29. The molecule has 23 heavy (non-hydrogen) atoms. The zero-order chi connectivity index (χ0) is 15.6. The van der Waals surface area contributed by atoms with Crippen molar-refractivity contribution in [3.05, 3.63) is 48.4 Å². The first-order valence-corrected chi connectivity index (χ1v) is 7.93. The molecule has 0 N–H and O–H groups in total. The molecule has 1 atom stereocenters. The fourth-order valence-electron chi connectivity index (χ4n) is 3.20. The van der Waals surface area contributed by atoms with Crippen LogP contribution in [0.25, 0.3) is 16.9 Å². The van der Waals surface area contributed by atoms with Gasteiger partial charge in [0.05, 0.1) is 19.4 Å². The van der Waals surface area contributed by atoms with Crippen molar-refractivity contribution in [3.63, 3.8) is 0 Å². The second kappa shape index (κ2) is 6.01. The number of imidazole rings is 1. The summed E-state index contributed by atoms with van der Waals surface area (Å²) in [5, 5.41) is 0. The molecule has 3 aromatic rings. The van der Waals surface area contributed by atoms with Gasteiger partial charge in [-0.25, -0.2) is 9.97 Å². The number of aromatic nitrogens is 3. The Morgan fingerprint density at radius 2 is 2.13 bits per heavy atom. The van der Waals surface area contributed by atoms with Gasteiger partial charge in [0.15, 0.2) is 5.65 Å². The molecule has 1 fully saturated rings. The Hall–Kier alpha value is -2.40. The number of pyridine rings is 1. The zero-order valence-corrected chi connectivity index (χ0v) is 13.1. The first-order chi connectivity index (χ1) is 11.4. The molecule has 118 valence electrons. The second-order valence-corrected chi connectivity index (χ2v) is 5.74. The Bertz CT molecular complexity index is 822. The van der Waals surface area contributed by atoms with Crippen LogP contribution in [0.4, 0.5) is 0 Å². The number of ether oxygens (including phenoxy) is 2. The Labute approximate surface area is 134 Å². The summed E-state index contributed by atoms with van der Waals surface area (Å²) in [7, 11) is 1.69. The fourth-order valence-corrected chi connectivity index (χ4v) is 3.20. The summed E-state index contributed by atoms with van der Waals surface area (Å²) in [6.07, 6.45) is 3.95. The summed E-state index contributed by atoms with van der Waals surface area (Å²) in [6.45, 7) is 1.54. The number of rotatable bonds is 3. The average Bonchev–Trinajstić information content (AvgIpc) is 3.02. The van der Waals surface area contributed by atoms with E-state index in [9.17, 15) is 0 Å². The van der Waals surface area contributed by atoms with Crippen LogP contribution in [0.1, 0.15) is 24.6 Å². The molecule has 0 bridgehead atoms. The first kappa shape index (κ1) is 14.2. The number of fused-ring (bicyclic) bond motifs is 1. The van der Waals surface area contributed by atoms with E-state index in [1.165, 1.54) is 0 Å². The Morgan fingerprint density at radius 1 is 1.22 bits per heavy atom. The van der Waals surface area contributed by atoms with Gasteiger partial charge < -0.3 is 9.47 Å². The zero-order valence-electron chi connectivity index (χ0n) is 13.1. The summed E-state index contributed by atoms with van der Waals surface area (Å²) < 4.78 is 13.3. The molecule has 5 nitrogen and oxygen atoms in total. The Balaban J connectivity index is 1.95. The van der Waals surface area contributed by atoms with Crippen molar-refractivity contribution in [1.29, 1.82) is 0 Å². The highest BCUT2D eigenvalue weighted by Crippen LogP contribution is 2.33. The lowest BCUT2D eigenvalue weighted by molar-refractivity contribution is 0.0777. The average molecular weight is 309 g/mol. The number of benzene rings is 1. The van der Waals surface area contributed by atoms with Gasteiger partial charge in [-0.05, 0) is 37.1 Å². The molecule has 0 spiro atoms. The molecule has 1 unspecified atom stereocenters. The van der Waals surface area contributed by atoms with Crippen LogP contribution in [-0.4, -0.2) is 34.9 Å². The summed E-state index contributed by atoms with van der Waals surface area (Å²) in [5.74, 6) is 2.10. The van der Waals surface area contributed by atoms with E-state index in [1.54, 1.807) is 13.3 Å². The molecule has 0 aliphatic carbocycles. The smallest absolute Gasteiger partial charge is 0.164 e. The van der Waals surface area contributed by atoms with Gasteiger partial charge in [0.2, 0.25) is 0 Å². The van der Waals surface area contributed by atoms with Crippen molar-refractivity contribution in [2.45, 2.75) is 18.8 Å². The molecule has 5 heteroatoms. The highest BCUT2D eigenvalue weighted by atomic mass is 16.5. The van der Waals surface area contributed by atoms with Gasteiger partial charge in [-0.15, -0.1) is 0 Å². The summed E-state index contributed by atoms with van der Waals surface area (Å²) in [5.41, 5.74) is 2.73. The van der Waals surface area contributed by atoms with Crippen LogP contribution in [0.15, 0.2) is 42.6 Å². The van der Waals surface area contributed by atoms with E-state index in [1.807, 2.05) is 36.4 Å². The van der Waals surface area contributed by atoms with E-state index in [0.717, 1.165) is 47.9 Å². The normalized spacial score (nSPS) is 18.2. The molecular weight excluding hydrogens is 290 g/mol. The maximum Gasteiger partial charge on any atom is 0.164 e. The minimum atomic E-state index is 0.280. The van der Waals surface area contributed by atoms with Gasteiger partial charge in [-0.3, -0.25) is 4.57 Å². The van der Waals surface area contributed by atoms with E-state index < -0.39 is 0 Å². The van der Waals surface area contributed by atoms with E-state index in [0.29, 0.717) is 6.61 Å². The highest BCUT2D eigenvalue weighted by molar-refractivity contribution is 5.75. The minimum absolute atomic E-state index is 0.280. The van der Waals surface area contributed by atoms with Gasteiger partial charge in [0.25, 0.3) is 0 Å². The molecular formula is C18H19N3O2. The number of nitrogens with zero attached hydrogens (tertiary/aromatic N) is 3. The molecule has 3 heterocycles. The van der Waals surface area contributed by atoms with Gasteiger partial charge in [-0.2, -0.15) is 0 Å². The molecule has 1 aromatic carbocycles. The predicted octanol–water partition coefficient (Wildman–Crippen LogP) is 3.32. The van der Waals surface area contributed by atoms with Gasteiger partial charge >= 0.3 is 0 Å². The largest absolute Gasteiger partial charge is 0.495 e. The van der Waals surface area contributed by atoms with Gasteiger partial charge in [0, 0.05) is 18.7 Å². The highest BCUT2D eigenvalue weighted by Gasteiger charge is 2.25. The third-order valence-electron chi connectivity index (χ3n) is 4.29. The van der Waals surface area contributed by atoms with Crippen molar-refractivity contribution in [3.8, 4) is 11.4 Å². The Morgan fingerprint density at radius 3 is 2.96 bits per heavy atom. The van der Waals surface area contributed by atoms with Crippen LogP contribution in [0, 0.1) is 0 Å². The van der Waals surface area contributed by atoms with Crippen molar-refractivity contribution in [2.24, 2.45) is 0 Å². The lowest BCUT2D eigenvalue weighted by Crippen LogP contribution is -2.19. The summed E-state index contributed by atoms with van der Waals surface area (Å²) in [6, 6.07) is 11.9. The molecule has 0 saturated carbocycles. The van der Waals surface area contributed by atoms with Crippen molar-refractivity contribution in [1.82, 2.24) is 14.5 Å². The second-order valence-electron chi connectivity index (χ2n) is 5.74. The molecule has 1 saturated heterocycles. The molecule has 0 radical (unpaired) electrons. The van der Waals surface area contributed by atoms with E-state index >= 15 is 0 Å². The predicted molar refractivity (Wildman–Crippen MR) is 88.2 cm³/mol.